The van der Waals surface area contributed by atoms with E-state index in [2.05, 4.69) is 35.8 Å². The van der Waals surface area contributed by atoms with Gasteiger partial charge in [0.15, 0.2) is 6.54 Å². The van der Waals surface area contributed by atoms with Crippen molar-refractivity contribution in [3.8, 4) is 0 Å². The Morgan fingerprint density at radius 3 is 3.00 bits per heavy atom. The zero-order valence-corrected chi connectivity index (χ0v) is 10.1. The molecule has 0 saturated heterocycles. The van der Waals surface area contributed by atoms with E-state index in [1.165, 1.54) is 21.1 Å². The molecule has 0 saturated carbocycles. The average molecular weight is 244 g/mol. The van der Waals surface area contributed by atoms with Crippen molar-refractivity contribution in [2.45, 2.75) is 23.1 Å². The Balaban J connectivity index is 0.000000750. The largest absolute Gasteiger partial charge is 1.00 e. The predicted molar refractivity (Wildman–Crippen MR) is 57.3 cm³/mol. The Morgan fingerprint density at radius 1 is 1.36 bits per heavy atom. The van der Waals surface area contributed by atoms with E-state index in [9.17, 15) is 0 Å². The Labute approximate surface area is 97.5 Å². The summed E-state index contributed by atoms with van der Waals surface area (Å²) in [5.74, 6) is 0. The van der Waals surface area contributed by atoms with Crippen LogP contribution in [0.4, 0.5) is 0 Å². The summed E-state index contributed by atoms with van der Waals surface area (Å²) < 4.78 is 5.32. The third-order valence-corrected chi connectivity index (χ3v) is 4.79. The number of aromatic nitrogens is 1. The highest BCUT2D eigenvalue weighted by Crippen LogP contribution is 2.34. The number of para-hydroxylation sites is 1. The summed E-state index contributed by atoms with van der Waals surface area (Å²) in [5.41, 5.74) is 1.40. The van der Waals surface area contributed by atoms with Gasteiger partial charge in [-0.2, -0.15) is 4.57 Å². The Kier molecular flexibility index (Phi) is 2.73. The van der Waals surface area contributed by atoms with Crippen LogP contribution >= 0.6 is 23.1 Å². The van der Waals surface area contributed by atoms with Crippen LogP contribution in [-0.4, -0.2) is 5.25 Å². The molecule has 0 fully saturated rings. The van der Waals surface area contributed by atoms with Crippen LogP contribution in [0.15, 0.2) is 28.6 Å². The summed E-state index contributed by atoms with van der Waals surface area (Å²) in [4.78, 5) is 0. The quantitative estimate of drug-likeness (QED) is 0.574. The first-order valence-electron chi connectivity index (χ1n) is 4.42. The number of hydrogen-bond donors (Lipinski definition) is 0. The van der Waals surface area contributed by atoms with E-state index in [4.69, 9.17) is 0 Å². The SMILES string of the molecule is CC1C[n+]2c(sc3ccccc32)S1.[Cl-]. The molecule has 1 atom stereocenters. The van der Waals surface area contributed by atoms with Gasteiger partial charge in [0, 0.05) is 6.07 Å². The van der Waals surface area contributed by atoms with Crippen LogP contribution < -0.4 is 17.0 Å². The van der Waals surface area contributed by atoms with Gasteiger partial charge in [-0.05, 0) is 24.8 Å². The van der Waals surface area contributed by atoms with Gasteiger partial charge in [0.2, 0.25) is 5.52 Å². The fourth-order valence-electron chi connectivity index (χ4n) is 1.74. The Hall–Kier alpha value is -0.250. The van der Waals surface area contributed by atoms with Gasteiger partial charge in [-0.3, -0.25) is 0 Å². The second kappa shape index (κ2) is 3.72. The van der Waals surface area contributed by atoms with E-state index in [0.717, 1.165) is 5.25 Å². The molecule has 1 aromatic heterocycles. The zero-order chi connectivity index (χ0) is 8.84. The van der Waals surface area contributed by atoms with E-state index in [0.29, 0.717) is 0 Å². The minimum absolute atomic E-state index is 0. The third kappa shape index (κ3) is 1.44. The van der Waals surface area contributed by atoms with Crippen LogP contribution in [0.2, 0.25) is 0 Å². The molecule has 0 spiro atoms. The molecule has 14 heavy (non-hydrogen) atoms. The van der Waals surface area contributed by atoms with Gasteiger partial charge in [-0.1, -0.05) is 23.5 Å². The summed E-state index contributed by atoms with van der Waals surface area (Å²) in [6.45, 7) is 3.46. The van der Waals surface area contributed by atoms with Gasteiger partial charge in [0.1, 0.15) is 4.70 Å². The number of nitrogens with zero attached hydrogens (tertiary/aromatic N) is 1. The van der Waals surface area contributed by atoms with Gasteiger partial charge in [0.05, 0.1) is 5.25 Å². The van der Waals surface area contributed by atoms with Crippen molar-refractivity contribution in [1.82, 2.24) is 0 Å². The van der Waals surface area contributed by atoms with Crippen molar-refractivity contribution in [3.63, 3.8) is 0 Å². The number of benzene rings is 1. The smallest absolute Gasteiger partial charge is 0.298 e. The summed E-state index contributed by atoms with van der Waals surface area (Å²) in [5, 5.41) is 0.746. The lowest BCUT2D eigenvalue weighted by Crippen LogP contribution is -3.00. The second-order valence-corrected chi connectivity index (χ2v) is 6.09. The maximum absolute atomic E-state index is 2.44. The normalized spacial score (nSPS) is 19.4. The summed E-state index contributed by atoms with van der Waals surface area (Å²) >= 11 is 3.91. The van der Waals surface area contributed by atoms with E-state index < -0.39 is 0 Å². The molecule has 1 aliphatic rings. The molecule has 2 aromatic rings. The molecule has 1 aromatic carbocycles. The van der Waals surface area contributed by atoms with Crippen molar-refractivity contribution < 1.29 is 17.0 Å². The molecule has 1 unspecified atom stereocenters. The van der Waals surface area contributed by atoms with Gasteiger partial charge < -0.3 is 12.4 Å². The van der Waals surface area contributed by atoms with Crippen molar-refractivity contribution in [2.75, 3.05) is 0 Å². The van der Waals surface area contributed by atoms with Crippen LogP contribution in [0.5, 0.6) is 0 Å². The highest BCUT2D eigenvalue weighted by Gasteiger charge is 2.31. The van der Waals surface area contributed by atoms with E-state index >= 15 is 0 Å². The van der Waals surface area contributed by atoms with Crippen LogP contribution in [0.25, 0.3) is 10.2 Å². The Morgan fingerprint density at radius 2 is 2.14 bits per heavy atom. The minimum Gasteiger partial charge on any atom is -1.00 e. The van der Waals surface area contributed by atoms with E-state index in [-0.39, 0.29) is 12.4 Å². The van der Waals surface area contributed by atoms with Gasteiger partial charge in [-0.15, -0.1) is 0 Å². The van der Waals surface area contributed by atoms with Crippen molar-refractivity contribution >= 4 is 33.3 Å². The summed E-state index contributed by atoms with van der Waals surface area (Å²) in [6, 6.07) is 8.66. The fraction of sp³-hybridized carbons (Fsp3) is 0.300. The number of fused-ring (bicyclic) bond motifs is 3. The topological polar surface area (TPSA) is 3.88 Å². The minimum atomic E-state index is 0. The maximum atomic E-state index is 2.44. The number of thioether (sulfide) groups is 1. The first-order valence-corrected chi connectivity index (χ1v) is 6.12. The number of rotatable bonds is 0. The number of thiazole rings is 1. The predicted octanol–water partition coefficient (Wildman–Crippen LogP) is -0.313. The van der Waals surface area contributed by atoms with E-state index in [1.54, 1.807) is 0 Å². The molecule has 1 nitrogen and oxygen atoms in total. The second-order valence-electron chi connectivity index (χ2n) is 3.37. The molecule has 0 N–H and O–H groups in total. The fourth-order valence-corrected chi connectivity index (χ4v) is 4.46. The van der Waals surface area contributed by atoms with Crippen molar-refractivity contribution in [1.29, 1.82) is 0 Å². The molecule has 0 radical (unpaired) electrons. The lowest BCUT2D eigenvalue weighted by molar-refractivity contribution is -0.695. The molecule has 2 heterocycles. The molecular weight excluding hydrogens is 234 g/mol. The average Bonchev–Trinajstić information content (AvgIpc) is 2.60. The molecule has 0 aliphatic carbocycles. The summed E-state index contributed by atoms with van der Waals surface area (Å²) in [7, 11) is 0. The van der Waals surface area contributed by atoms with Crippen LogP contribution in [0.3, 0.4) is 0 Å². The maximum Gasteiger partial charge on any atom is 0.298 e. The molecule has 0 bridgehead atoms. The molecule has 3 rings (SSSR count). The van der Waals surface area contributed by atoms with Crippen molar-refractivity contribution in [3.05, 3.63) is 24.3 Å². The number of halogens is 1. The lowest BCUT2D eigenvalue weighted by atomic mass is 10.3. The van der Waals surface area contributed by atoms with Gasteiger partial charge in [-0.25, -0.2) is 0 Å². The first kappa shape index (κ1) is 10.3. The lowest BCUT2D eigenvalue weighted by Gasteiger charge is -1.90. The highest BCUT2D eigenvalue weighted by atomic mass is 35.5. The highest BCUT2D eigenvalue weighted by molar-refractivity contribution is 8.01. The van der Waals surface area contributed by atoms with Crippen molar-refractivity contribution in [2.24, 2.45) is 0 Å². The molecular formula is C10H10ClNS2. The molecule has 4 heteroatoms. The standard InChI is InChI=1S/C10H10NS2.ClH/c1-7-6-11-8-4-2-3-5-9(8)13-10(11)12-7;/h2-5,7H,6H2,1H3;1H/q+1;/p-1. The van der Waals surface area contributed by atoms with Crippen LogP contribution in [0.1, 0.15) is 6.92 Å². The molecule has 74 valence electrons. The Bertz CT molecular complexity index is 466. The van der Waals surface area contributed by atoms with Crippen LogP contribution in [-0.2, 0) is 6.54 Å². The van der Waals surface area contributed by atoms with E-state index in [1.807, 2.05) is 23.1 Å². The first-order chi connectivity index (χ1) is 6.34. The number of hydrogen-bond acceptors (Lipinski definition) is 2. The third-order valence-electron chi connectivity index (χ3n) is 2.32. The molecule has 1 aliphatic heterocycles. The monoisotopic (exact) mass is 243 g/mol. The van der Waals surface area contributed by atoms with Gasteiger partial charge >= 0.3 is 0 Å². The van der Waals surface area contributed by atoms with Crippen LogP contribution in [0, 0.1) is 0 Å². The van der Waals surface area contributed by atoms with Gasteiger partial charge in [0.25, 0.3) is 4.34 Å². The summed E-state index contributed by atoms with van der Waals surface area (Å²) in [6.07, 6.45) is 0. The zero-order valence-electron chi connectivity index (χ0n) is 7.74. The molecule has 0 amide bonds.